The van der Waals surface area contributed by atoms with Crippen molar-refractivity contribution in [3.8, 4) is 0 Å². The maximum absolute atomic E-state index is 10.8. The van der Waals surface area contributed by atoms with Crippen molar-refractivity contribution in [2.24, 2.45) is 5.92 Å². The number of rotatable bonds is 8. The molecule has 1 spiro atoms. The summed E-state index contributed by atoms with van der Waals surface area (Å²) in [5.74, 6) is -0.908. The van der Waals surface area contributed by atoms with Crippen molar-refractivity contribution in [3.63, 3.8) is 0 Å². The Morgan fingerprint density at radius 3 is 2.67 bits per heavy atom. The molecule has 122 valence electrons. The summed E-state index contributed by atoms with van der Waals surface area (Å²) in [6.45, 7) is 4.91. The van der Waals surface area contributed by atoms with E-state index in [4.69, 9.17) is 9.84 Å². The number of carbonyl (C=O) groups is 1. The van der Waals surface area contributed by atoms with Crippen LogP contribution in [0, 0.1) is 5.92 Å². The van der Waals surface area contributed by atoms with Gasteiger partial charge in [0.1, 0.15) is 0 Å². The second-order valence-corrected chi connectivity index (χ2v) is 7.15. The van der Waals surface area contributed by atoms with Gasteiger partial charge in [-0.1, -0.05) is 26.2 Å². The lowest BCUT2D eigenvalue weighted by Crippen LogP contribution is -2.35. The van der Waals surface area contributed by atoms with Crippen LogP contribution in [0.25, 0.3) is 0 Å². The molecule has 3 atom stereocenters. The van der Waals surface area contributed by atoms with Crippen LogP contribution in [0.4, 0.5) is 0 Å². The Labute approximate surface area is 128 Å². The Morgan fingerprint density at radius 2 is 2.00 bits per heavy atom. The summed E-state index contributed by atoms with van der Waals surface area (Å²) in [5, 5.41) is 12.4. The van der Waals surface area contributed by atoms with Gasteiger partial charge in [-0.3, -0.25) is 4.79 Å². The zero-order valence-electron chi connectivity index (χ0n) is 13.6. The highest BCUT2D eigenvalue weighted by Crippen LogP contribution is 2.43. The average Bonchev–Trinajstić information content (AvgIpc) is 3.07. The molecule has 0 radical (unpaired) electrons. The largest absolute Gasteiger partial charge is 0.481 e. The molecule has 3 unspecified atom stereocenters. The number of carboxylic acid groups (broad SMARTS) is 1. The normalized spacial score (nSPS) is 27.0. The number of nitrogens with one attached hydrogen (secondary N) is 1. The van der Waals surface area contributed by atoms with Crippen molar-refractivity contribution in [2.45, 2.75) is 89.4 Å². The van der Waals surface area contributed by atoms with Gasteiger partial charge in [-0.2, -0.15) is 0 Å². The molecule has 0 amide bonds. The fraction of sp³-hybridized carbons (Fsp3) is 0.941. The minimum Gasteiger partial charge on any atom is -0.481 e. The summed E-state index contributed by atoms with van der Waals surface area (Å²) in [5.41, 5.74) is 0.229. The summed E-state index contributed by atoms with van der Waals surface area (Å²) in [6.07, 6.45) is 10.8. The van der Waals surface area contributed by atoms with E-state index < -0.39 is 5.97 Å². The van der Waals surface area contributed by atoms with Crippen molar-refractivity contribution < 1.29 is 14.6 Å². The molecule has 0 aromatic rings. The van der Waals surface area contributed by atoms with E-state index >= 15 is 0 Å². The van der Waals surface area contributed by atoms with Crippen LogP contribution in [0.15, 0.2) is 0 Å². The van der Waals surface area contributed by atoms with Crippen LogP contribution < -0.4 is 5.32 Å². The molecule has 1 aliphatic carbocycles. The highest BCUT2D eigenvalue weighted by Gasteiger charge is 2.41. The summed E-state index contributed by atoms with van der Waals surface area (Å²) in [7, 11) is 0. The number of ether oxygens (including phenoxy) is 1. The van der Waals surface area contributed by atoms with Crippen LogP contribution in [-0.2, 0) is 9.53 Å². The summed E-state index contributed by atoms with van der Waals surface area (Å²) in [4.78, 5) is 10.8. The number of hydrogen-bond donors (Lipinski definition) is 2. The summed E-state index contributed by atoms with van der Waals surface area (Å²) >= 11 is 0. The van der Waals surface area contributed by atoms with E-state index in [1.54, 1.807) is 6.92 Å². The van der Waals surface area contributed by atoms with Crippen molar-refractivity contribution in [1.82, 2.24) is 5.32 Å². The quantitative estimate of drug-likeness (QED) is 0.721. The van der Waals surface area contributed by atoms with Crippen LogP contribution in [0.2, 0.25) is 0 Å². The SMILES string of the molecule is CC(CCCC(C)C(=O)O)NCC1CCC2(CCCC2)O1. The van der Waals surface area contributed by atoms with E-state index in [1.165, 1.54) is 38.5 Å². The molecule has 2 N–H and O–H groups in total. The van der Waals surface area contributed by atoms with Crippen LogP contribution >= 0.6 is 0 Å². The molecule has 1 aliphatic heterocycles. The van der Waals surface area contributed by atoms with E-state index in [0.717, 1.165) is 25.8 Å². The van der Waals surface area contributed by atoms with E-state index in [-0.39, 0.29) is 11.5 Å². The number of hydrogen-bond acceptors (Lipinski definition) is 3. The van der Waals surface area contributed by atoms with E-state index in [2.05, 4.69) is 12.2 Å². The van der Waals surface area contributed by atoms with E-state index in [0.29, 0.717) is 12.1 Å². The third kappa shape index (κ3) is 4.96. The highest BCUT2D eigenvalue weighted by atomic mass is 16.5. The maximum Gasteiger partial charge on any atom is 0.306 e. The van der Waals surface area contributed by atoms with Crippen molar-refractivity contribution in [1.29, 1.82) is 0 Å². The van der Waals surface area contributed by atoms with Crippen LogP contribution in [0.1, 0.15) is 71.6 Å². The van der Waals surface area contributed by atoms with Crippen molar-refractivity contribution in [2.75, 3.05) is 6.54 Å². The van der Waals surface area contributed by atoms with Gasteiger partial charge in [-0.05, 0) is 45.4 Å². The summed E-state index contributed by atoms with van der Waals surface area (Å²) in [6, 6.07) is 0.440. The fourth-order valence-electron chi connectivity index (χ4n) is 3.71. The minimum absolute atomic E-state index is 0.224. The molecule has 4 nitrogen and oxygen atoms in total. The molecular weight excluding hydrogens is 266 g/mol. The van der Waals surface area contributed by atoms with Gasteiger partial charge in [0.25, 0.3) is 0 Å². The van der Waals surface area contributed by atoms with Gasteiger partial charge in [0.2, 0.25) is 0 Å². The molecule has 1 heterocycles. The van der Waals surface area contributed by atoms with Gasteiger partial charge < -0.3 is 15.2 Å². The first-order chi connectivity index (χ1) is 10.0. The Bertz CT molecular complexity index is 339. The predicted octanol–water partition coefficient (Wildman–Crippen LogP) is 3.35. The van der Waals surface area contributed by atoms with Gasteiger partial charge >= 0.3 is 5.97 Å². The van der Waals surface area contributed by atoms with Crippen molar-refractivity contribution in [3.05, 3.63) is 0 Å². The molecule has 1 saturated carbocycles. The average molecular weight is 297 g/mol. The molecular formula is C17H31NO3. The van der Waals surface area contributed by atoms with Gasteiger partial charge in [0.15, 0.2) is 0 Å². The van der Waals surface area contributed by atoms with Crippen LogP contribution in [0.5, 0.6) is 0 Å². The molecule has 4 heteroatoms. The lowest BCUT2D eigenvalue weighted by Gasteiger charge is -2.24. The maximum atomic E-state index is 10.8. The van der Waals surface area contributed by atoms with Gasteiger partial charge in [0.05, 0.1) is 17.6 Å². The zero-order chi connectivity index (χ0) is 15.3. The lowest BCUT2D eigenvalue weighted by molar-refractivity contribution is -0.141. The van der Waals surface area contributed by atoms with Crippen LogP contribution in [-0.4, -0.2) is 35.4 Å². The lowest BCUT2D eigenvalue weighted by atomic mass is 9.98. The van der Waals surface area contributed by atoms with Gasteiger partial charge in [0, 0.05) is 12.6 Å². The standard InChI is InChI=1S/C17H31NO3/c1-13(16(19)20)6-5-7-14(2)18-12-15-8-11-17(21-15)9-3-4-10-17/h13-15,18H,3-12H2,1-2H3,(H,19,20). The number of aliphatic carboxylic acids is 1. The second-order valence-electron chi connectivity index (χ2n) is 7.15. The Hall–Kier alpha value is -0.610. The Balaban J connectivity index is 1.57. The molecule has 1 saturated heterocycles. The molecule has 0 bridgehead atoms. The van der Waals surface area contributed by atoms with Crippen LogP contribution in [0.3, 0.4) is 0 Å². The highest BCUT2D eigenvalue weighted by molar-refractivity contribution is 5.69. The Kier molecular flexibility index (Phi) is 6.06. The molecule has 0 aromatic carbocycles. The third-order valence-electron chi connectivity index (χ3n) is 5.24. The van der Waals surface area contributed by atoms with Gasteiger partial charge in [-0.15, -0.1) is 0 Å². The number of carboxylic acids is 1. The first-order valence-electron chi connectivity index (χ1n) is 8.65. The third-order valence-corrected chi connectivity index (χ3v) is 5.24. The van der Waals surface area contributed by atoms with E-state index in [1.807, 2.05) is 0 Å². The predicted molar refractivity (Wildman–Crippen MR) is 83.4 cm³/mol. The molecule has 2 aliphatic rings. The Morgan fingerprint density at radius 1 is 1.29 bits per heavy atom. The molecule has 21 heavy (non-hydrogen) atoms. The second kappa shape index (κ2) is 7.59. The van der Waals surface area contributed by atoms with Gasteiger partial charge in [-0.25, -0.2) is 0 Å². The summed E-state index contributed by atoms with van der Waals surface area (Å²) < 4.78 is 6.29. The smallest absolute Gasteiger partial charge is 0.306 e. The fourth-order valence-corrected chi connectivity index (χ4v) is 3.71. The zero-order valence-corrected chi connectivity index (χ0v) is 13.6. The first-order valence-corrected chi connectivity index (χ1v) is 8.65. The monoisotopic (exact) mass is 297 g/mol. The first kappa shape index (κ1) is 16.8. The van der Waals surface area contributed by atoms with Crippen molar-refractivity contribution >= 4 is 5.97 Å². The molecule has 2 fully saturated rings. The molecule has 2 rings (SSSR count). The molecule has 0 aromatic heterocycles. The minimum atomic E-state index is -0.683. The topological polar surface area (TPSA) is 58.6 Å². The van der Waals surface area contributed by atoms with E-state index in [9.17, 15) is 4.79 Å².